The molecule has 3 aromatic rings. The van der Waals surface area contributed by atoms with E-state index in [1.807, 2.05) is 35.7 Å². The van der Waals surface area contributed by atoms with Crippen LogP contribution in [0, 0.1) is 0 Å². The van der Waals surface area contributed by atoms with Crippen LogP contribution >= 0.6 is 11.3 Å². The quantitative estimate of drug-likeness (QED) is 0.578. The van der Waals surface area contributed by atoms with E-state index in [1.165, 1.54) is 23.5 Å². The van der Waals surface area contributed by atoms with Crippen molar-refractivity contribution in [1.29, 1.82) is 0 Å². The minimum absolute atomic E-state index is 0.0353. The van der Waals surface area contributed by atoms with Crippen molar-refractivity contribution in [2.45, 2.75) is 17.9 Å². The molecule has 3 rings (SSSR count). The molecule has 0 atom stereocenters. The van der Waals surface area contributed by atoms with Gasteiger partial charge < -0.3 is 4.74 Å². The fraction of sp³-hybridized carbons (Fsp3) is 0.158. The second-order valence-electron chi connectivity index (χ2n) is 5.55. The zero-order valence-corrected chi connectivity index (χ0v) is 15.5. The molecule has 0 saturated heterocycles. The Bertz CT molecular complexity index is 967. The van der Waals surface area contributed by atoms with Gasteiger partial charge in [-0.15, -0.1) is 11.3 Å². The Morgan fingerprint density at radius 3 is 2.35 bits per heavy atom. The SMILES string of the molecule is O=C(CCS(=O)(=O)c1ccccc1)OCc1csc(-c2ccccc2)n1. The van der Waals surface area contributed by atoms with Gasteiger partial charge in [0.1, 0.15) is 11.6 Å². The molecule has 0 aliphatic heterocycles. The van der Waals surface area contributed by atoms with Gasteiger partial charge in [-0.25, -0.2) is 13.4 Å². The van der Waals surface area contributed by atoms with E-state index >= 15 is 0 Å². The second-order valence-corrected chi connectivity index (χ2v) is 8.52. The van der Waals surface area contributed by atoms with E-state index in [1.54, 1.807) is 18.2 Å². The van der Waals surface area contributed by atoms with Gasteiger partial charge in [-0.1, -0.05) is 48.5 Å². The van der Waals surface area contributed by atoms with Crippen molar-refractivity contribution >= 4 is 27.1 Å². The standard InChI is InChI=1S/C19H17NO4S2/c21-18(11-12-26(22,23)17-9-5-2-6-10-17)24-13-16-14-25-19(20-16)15-7-3-1-4-8-15/h1-10,14H,11-13H2. The predicted octanol–water partition coefficient (Wildman–Crippen LogP) is 3.72. The Hall–Kier alpha value is -2.51. The highest BCUT2D eigenvalue weighted by Crippen LogP contribution is 2.23. The lowest BCUT2D eigenvalue weighted by molar-refractivity contribution is -0.144. The predicted molar refractivity (Wildman–Crippen MR) is 100 cm³/mol. The molecule has 0 saturated carbocycles. The summed E-state index contributed by atoms with van der Waals surface area (Å²) in [5.41, 5.74) is 1.65. The van der Waals surface area contributed by atoms with E-state index in [4.69, 9.17) is 4.74 Å². The number of rotatable bonds is 7. The van der Waals surface area contributed by atoms with Gasteiger partial charge in [-0.2, -0.15) is 0 Å². The Morgan fingerprint density at radius 1 is 1.00 bits per heavy atom. The van der Waals surface area contributed by atoms with Crippen molar-refractivity contribution in [1.82, 2.24) is 4.98 Å². The molecule has 0 N–H and O–H groups in total. The smallest absolute Gasteiger partial charge is 0.307 e. The summed E-state index contributed by atoms with van der Waals surface area (Å²) < 4.78 is 29.5. The van der Waals surface area contributed by atoms with Crippen LogP contribution in [-0.2, 0) is 26.0 Å². The summed E-state index contributed by atoms with van der Waals surface area (Å²) in [6.07, 6.45) is -0.188. The average molecular weight is 387 g/mol. The van der Waals surface area contributed by atoms with Gasteiger partial charge in [0.2, 0.25) is 0 Å². The van der Waals surface area contributed by atoms with Crippen LogP contribution in [0.1, 0.15) is 12.1 Å². The Labute approximate surface area is 156 Å². The molecule has 134 valence electrons. The Kier molecular flexibility index (Phi) is 5.80. The minimum Gasteiger partial charge on any atom is -0.459 e. The molecular weight excluding hydrogens is 370 g/mol. The molecule has 7 heteroatoms. The Balaban J connectivity index is 1.51. The highest BCUT2D eigenvalue weighted by atomic mass is 32.2. The number of benzene rings is 2. The van der Waals surface area contributed by atoms with Crippen molar-refractivity contribution in [3.05, 3.63) is 71.7 Å². The molecule has 0 amide bonds. The van der Waals surface area contributed by atoms with E-state index < -0.39 is 15.8 Å². The highest BCUT2D eigenvalue weighted by molar-refractivity contribution is 7.91. The van der Waals surface area contributed by atoms with Crippen LogP contribution in [0.2, 0.25) is 0 Å². The fourth-order valence-electron chi connectivity index (χ4n) is 2.28. The number of thiazole rings is 1. The molecule has 5 nitrogen and oxygen atoms in total. The number of ether oxygens (including phenoxy) is 1. The maximum Gasteiger partial charge on any atom is 0.307 e. The number of carbonyl (C=O) groups excluding carboxylic acids is 1. The summed E-state index contributed by atoms with van der Waals surface area (Å²) in [6.45, 7) is 0.0353. The lowest BCUT2D eigenvalue weighted by Crippen LogP contribution is -2.13. The lowest BCUT2D eigenvalue weighted by Gasteiger charge is -2.05. The summed E-state index contributed by atoms with van der Waals surface area (Å²) in [5, 5.41) is 2.68. The second kappa shape index (κ2) is 8.25. The van der Waals surface area contributed by atoms with Gasteiger partial charge in [0.05, 0.1) is 22.8 Å². The molecule has 0 radical (unpaired) electrons. The maximum absolute atomic E-state index is 12.2. The van der Waals surface area contributed by atoms with Crippen LogP contribution in [0.25, 0.3) is 10.6 Å². The first-order chi connectivity index (χ1) is 12.5. The van der Waals surface area contributed by atoms with E-state index in [9.17, 15) is 13.2 Å². The first kappa shape index (κ1) is 18.3. The van der Waals surface area contributed by atoms with Crippen LogP contribution in [-0.4, -0.2) is 25.1 Å². The summed E-state index contributed by atoms with van der Waals surface area (Å²) in [5.74, 6) is -0.832. The van der Waals surface area contributed by atoms with Gasteiger partial charge in [0.25, 0.3) is 0 Å². The van der Waals surface area contributed by atoms with Crippen LogP contribution < -0.4 is 0 Å². The van der Waals surface area contributed by atoms with Crippen LogP contribution in [0.4, 0.5) is 0 Å². The van der Waals surface area contributed by atoms with Crippen LogP contribution in [0.5, 0.6) is 0 Å². The van der Waals surface area contributed by atoms with Crippen molar-refractivity contribution in [3.8, 4) is 10.6 Å². The summed E-state index contributed by atoms with van der Waals surface area (Å²) in [6, 6.07) is 17.8. The molecular formula is C19H17NO4S2. The van der Waals surface area contributed by atoms with E-state index in [0.717, 1.165) is 10.6 Å². The number of hydrogen-bond donors (Lipinski definition) is 0. The van der Waals surface area contributed by atoms with E-state index in [-0.39, 0.29) is 23.7 Å². The molecule has 1 heterocycles. The van der Waals surface area contributed by atoms with E-state index in [2.05, 4.69) is 4.98 Å². The topological polar surface area (TPSA) is 73.3 Å². The van der Waals surface area contributed by atoms with Gasteiger partial charge in [0.15, 0.2) is 9.84 Å². The van der Waals surface area contributed by atoms with Crippen molar-refractivity contribution < 1.29 is 17.9 Å². The number of esters is 1. The van der Waals surface area contributed by atoms with Gasteiger partial charge in [-0.05, 0) is 12.1 Å². The zero-order valence-electron chi connectivity index (χ0n) is 13.9. The molecule has 0 aliphatic carbocycles. The molecule has 2 aromatic carbocycles. The third-order valence-electron chi connectivity index (χ3n) is 3.63. The van der Waals surface area contributed by atoms with Crippen molar-refractivity contribution in [2.24, 2.45) is 0 Å². The molecule has 1 aromatic heterocycles. The van der Waals surface area contributed by atoms with Gasteiger partial charge >= 0.3 is 5.97 Å². The molecule has 0 unspecified atom stereocenters. The number of hydrogen-bond acceptors (Lipinski definition) is 6. The number of nitrogens with zero attached hydrogens (tertiary/aromatic N) is 1. The summed E-state index contributed by atoms with van der Waals surface area (Å²) >= 11 is 1.47. The lowest BCUT2D eigenvalue weighted by atomic mass is 10.2. The zero-order chi connectivity index (χ0) is 18.4. The summed E-state index contributed by atoms with van der Waals surface area (Å²) in [4.78, 5) is 16.5. The summed E-state index contributed by atoms with van der Waals surface area (Å²) in [7, 11) is -3.48. The van der Waals surface area contributed by atoms with Crippen molar-refractivity contribution in [3.63, 3.8) is 0 Å². The third kappa shape index (κ3) is 4.77. The Morgan fingerprint density at radius 2 is 1.65 bits per heavy atom. The highest BCUT2D eigenvalue weighted by Gasteiger charge is 2.17. The molecule has 0 spiro atoms. The number of sulfone groups is 1. The maximum atomic E-state index is 12.2. The van der Waals surface area contributed by atoms with Gasteiger partial charge in [0, 0.05) is 10.9 Å². The first-order valence-corrected chi connectivity index (χ1v) is 10.5. The van der Waals surface area contributed by atoms with E-state index in [0.29, 0.717) is 5.69 Å². The molecule has 0 aliphatic rings. The first-order valence-electron chi connectivity index (χ1n) is 7.98. The van der Waals surface area contributed by atoms with Crippen LogP contribution in [0.15, 0.2) is 70.9 Å². The van der Waals surface area contributed by atoms with Crippen LogP contribution in [0.3, 0.4) is 0 Å². The molecule has 0 bridgehead atoms. The largest absolute Gasteiger partial charge is 0.459 e. The molecule has 26 heavy (non-hydrogen) atoms. The minimum atomic E-state index is -3.48. The number of carbonyl (C=O) groups is 1. The average Bonchev–Trinajstić information content (AvgIpc) is 3.15. The third-order valence-corrected chi connectivity index (χ3v) is 6.30. The fourth-order valence-corrected chi connectivity index (χ4v) is 4.33. The van der Waals surface area contributed by atoms with Gasteiger partial charge in [-0.3, -0.25) is 4.79 Å². The molecule has 0 fully saturated rings. The number of aromatic nitrogens is 1. The monoisotopic (exact) mass is 387 g/mol. The van der Waals surface area contributed by atoms with Crippen molar-refractivity contribution in [2.75, 3.05) is 5.75 Å². The normalized spacial score (nSPS) is 11.2.